The van der Waals surface area contributed by atoms with Gasteiger partial charge in [-0.05, 0) is 5.56 Å². The van der Waals surface area contributed by atoms with Crippen LogP contribution in [0.5, 0.6) is 0 Å². The molecule has 0 aliphatic heterocycles. The van der Waals surface area contributed by atoms with E-state index in [0.29, 0.717) is 12.0 Å². The number of hydrogen-bond acceptors (Lipinski definition) is 4. The summed E-state index contributed by atoms with van der Waals surface area (Å²) in [5, 5.41) is 20.5. The maximum absolute atomic E-state index is 11.5. The van der Waals surface area contributed by atoms with Gasteiger partial charge in [0, 0.05) is 24.5 Å². The molecular weight excluding hydrogens is 222 g/mol. The maximum atomic E-state index is 11.5. The van der Waals surface area contributed by atoms with Crippen molar-refractivity contribution in [1.29, 1.82) is 0 Å². The van der Waals surface area contributed by atoms with Crippen molar-refractivity contribution in [2.24, 2.45) is 5.92 Å². The van der Waals surface area contributed by atoms with Crippen LogP contribution in [0.25, 0.3) is 0 Å². The number of ketones is 1. The number of aliphatic hydroxyl groups excluding tert-OH is 1. The number of carbonyl (C=O) groups excluding carboxylic acids is 1. The van der Waals surface area contributed by atoms with Crippen LogP contribution in [0, 0.1) is 16.0 Å². The van der Waals surface area contributed by atoms with E-state index in [0.717, 1.165) is 0 Å². The summed E-state index contributed by atoms with van der Waals surface area (Å²) in [5.41, 5.74) is 0.311. The maximum Gasteiger partial charge on any atom is 0.269 e. The van der Waals surface area contributed by atoms with Crippen molar-refractivity contribution in [1.82, 2.24) is 0 Å². The molecule has 2 unspecified atom stereocenters. The van der Waals surface area contributed by atoms with E-state index in [1.54, 1.807) is 19.9 Å². The highest BCUT2D eigenvalue weighted by atomic mass is 16.6. The molecule has 0 aliphatic carbocycles. The fourth-order valence-electron chi connectivity index (χ4n) is 1.61. The van der Waals surface area contributed by atoms with Crippen molar-refractivity contribution in [3.8, 4) is 0 Å². The van der Waals surface area contributed by atoms with Gasteiger partial charge in [-0.2, -0.15) is 0 Å². The van der Waals surface area contributed by atoms with Gasteiger partial charge < -0.3 is 5.11 Å². The van der Waals surface area contributed by atoms with Gasteiger partial charge in [0.05, 0.1) is 11.0 Å². The van der Waals surface area contributed by atoms with Crippen molar-refractivity contribution in [3.63, 3.8) is 0 Å². The summed E-state index contributed by atoms with van der Waals surface area (Å²) < 4.78 is 0. The second-order valence-corrected chi connectivity index (χ2v) is 3.91. The molecule has 1 aromatic rings. The summed E-state index contributed by atoms with van der Waals surface area (Å²) >= 11 is 0. The molecule has 17 heavy (non-hydrogen) atoms. The van der Waals surface area contributed by atoms with Gasteiger partial charge in [0.25, 0.3) is 5.69 Å². The summed E-state index contributed by atoms with van der Waals surface area (Å²) in [6.07, 6.45) is -0.657. The van der Waals surface area contributed by atoms with Gasteiger partial charge in [0.2, 0.25) is 0 Å². The Morgan fingerprint density at radius 3 is 2.71 bits per heavy atom. The van der Waals surface area contributed by atoms with Gasteiger partial charge in [0.1, 0.15) is 5.78 Å². The summed E-state index contributed by atoms with van der Waals surface area (Å²) in [5.74, 6) is -0.619. The highest BCUT2D eigenvalue weighted by Gasteiger charge is 2.23. The number of aliphatic hydroxyl groups is 1. The highest BCUT2D eigenvalue weighted by molar-refractivity contribution is 5.81. The van der Waals surface area contributed by atoms with E-state index in [9.17, 15) is 20.0 Å². The van der Waals surface area contributed by atoms with E-state index in [2.05, 4.69) is 0 Å². The number of benzene rings is 1. The predicted octanol–water partition coefficient (Wildman–Crippen LogP) is 2.24. The molecule has 0 saturated heterocycles. The van der Waals surface area contributed by atoms with Crippen LogP contribution in [-0.2, 0) is 4.79 Å². The van der Waals surface area contributed by atoms with Gasteiger partial charge in [0.15, 0.2) is 0 Å². The number of hydrogen-bond donors (Lipinski definition) is 1. The van der Waals surface area contributed by atoms with Crippen LogP contribution in [0.1, 0.15) is 31.9 Å². The van der Waals surface area contributed by atoms with Crippen molar-refractivity contribution in [3.05, 3.63) is 39.9 Å². The molecule has 5 nitrogen and oxygen atoms in total. The molecule has 0 saturated carbocycles. The monoisotopic (exact) mass is 237 g/mol. The van der Waals surface area contributed by atoms with Gasteiger partial charge in [-0.3, -0.25) is 14.9 Å². The molecule has 0 aromatic heterocycles. The molecule has 0 aliphatic rings. The summed E-state index contributed by atoms with van der Waals surface area (Å²) in [7, 11) is 0. The van der Waals surface area contributed by atoms with E-state index in [4.69, 9.17) is 0 Å². The molecule has 1 aromatic carbocycles. The normalized spacial score (nSPS) is 14.1. The van der Waals surface area contributed by atoms with Gasteiger partial charge >= 0.3 is 0 Å². The zero-order valence-corrected chi connectivity index (χ0v) is 9.79. The van der Waals surface area contributed by atoms with Crippen LogP contribution in [0.2, 0.25) is 0 Å². The van der Waals surface area contributed by atoms with E-state index in [1.807, 2.05) is 0 Å². The van der Waals surface area contributed by atoms with Crippen LogP contribution < -0.4 is 0 Å². The molecule has 0 heterocycles. The first-order valence-electron chi connectivity index (χ1n) is 5.42. The number of non-ortho nitro benzene ring substituents is 1. The smallest absolute Gasteiger partial charge is 0.269 e. The van der Waals surface area contributed by atoms with Crippen molar-refractivity contribution in [2.75, 3.05) is 0 Å². The Bertz CT molecular complexity index is 430. The Morgan fingerprint density at radius 2 is 2.18 bits per heavy atom. The summed E-state index contributed by atoms with van der Waals surface area (Å²) in [6, 6.07) is 5.73. The lowest BCUT2D eigenvalue weighted by atomic mass is 9.92. The molecule has 0 amide bonds. The van der Waals surface area contributed by atoms with Gasteiger partial charge in [-0.1, -0.05) is 26.0 Å². The molecule has 1 N–H and O–H groups in total. The van der Waals surface area contributed by atoms with Crippen molar-refractivity contribution >= 4 is 11.5 Å². The third kappa shape index (κ3) is 3.10. The van der Waals surface area contributed by atoms with Crippen molar-refractivity contribution in [2.45, 2.75) is 26.4 Å². The Morgan fingerprint density at radius 1 is 1.53 bits per heavy atom. The first kappa shape index (κ1) is 13.3. The molecule has 0 spiro atoms. The Balaban J connectivity index is 2.96. The third-order valence-corrected chi connectivity index (χ3v) is 2.75. The summed E-state index contributed by atoms with van der Waals surface area (Å²) in [4.78, 5) is 21.5. The second kappa shape index (κ2) is 5.54. The first-order chi connectivity index (χ1) is 7.97. The van der Waals surface area contributed by atoms with E-state index in [1.165, 1.54) is 18.2 Å². The zero-order valence-electron chi connectivity index (χ0n) is 9.79. The Hall–Kier alpha value is -1.75. The number of Topliss-reactive ketones (excluding diaryl/α,β-unsaturated/α-hetero) is 1. The minimum Gasteiger partial charge on any atom is -0.388 e. The average Bonchev–Trinajstić information content (AvgIpc) is 2.36. The largest absolute Gasteiger partial charge is 0.388 e. The molecule has 1 rings (SSSR count). The lowest BCUT2D eigenvalue weighted by Crippen LogP contribution is -2.18. The molecule has 0 fully saturated rings. The molecule has 5 heteroatoms. The number of nitro groups is 1. The fraction of sp³-hybridized carbons (Fsp3) is 0.417. The number of rotatable bonds is 5. The average molecular weight is 237 g/mol. The third-order valence-electron chi connectivity index (χ3n) is 2.75. The van der Waals surface area contributed by atoms with E-state index in [-0.39, 0.29) is 11.5 Å². The number of carbonyl (C=O) groups is 1. The van der Waals surface area contributed by atoms with Crippen molar-refractivity contribution < 1.29 is 14.8 Å². The molecule has 2 atom stereocenters. The van der Waals surface area contributed by atoms with Crippen LogP contribution >= 0.6 is 0 Å². The Kier molecular flexibility index (Phi) is 4.34. The standard InChI is InChI=1S/C12H15NO4/c1-3-11(14)8(2)12(15)9-5-4-6-10(7-9)13(16)17/h4-8,12,15H,3H2,1-2H3. The molecule has 0 bridgehead atoms. The first-order valence-corrected chi connectivity index (χ1v) is 5.42. The highest BCUT2D eigenvalue weighted by Crippen LogP contribution is 2.26. The van der Waals surface area contributed by atoms with Crippen LogP contribution in [-0.4, -0.2) is 15.8 Å². The van der Waals surface area contributed by atoms with Crippen LogP contribution in [0.4, 0.5) is 5.69 Å². The molecule has 0 radical (unpaired) electrons. The predicted molar refractivity (Wildman–Crippen MR) is 62.5 cm³/mol. The SMILES string of the molecule is CCC(=O)C(C)C(O)c1cccc([N+](=O)[O-])c1. The van der Waals surface area contributed by atoms with E-state index >= 15 is 0 Å². The van der Waals surface area contributed by atoms with Gasteiger partial charge in [-0.15, -0.1) is 0 Å². The minimum atomic E-state index is -0.998. The number of nitrogens with zero attached hydrogens (tertiary/aromatic N) is 1. The lowest BCUT2D eigenvalue weighted by molar-refractivity contribution is -0.385. The lowest BCUT2D eigenvalue weighted by Gasteiger charge is -2.17. The number of nitro benzene ring substituents is 1. The topological polar surface area (TPSA) is 80.4 Å². The molecule has 92 valence electrons. The second-order valence-electron chi connectivity index (χ2n) is 3.91. The van der Waals surface area contributed by atoms with E-state index < -0.39 is 16.9 Å². The fourth-order valence-corrected chi connectivity index (χ4v) is 1.61. The van der Waals surface area contributed by atoms with Gasteiger partial charge in [-0.25, -0.2) is 0 Å². The summed E-state index contributed by atoms with van der Waals surface area (Å²) in [6.45, 7) is 3.34. The minimum absolute atomic E-state index is 0.0657. The van der Waals surface area contributed by atoms with Crippen LogP contribution in [0.15, 0.2) is 24.3 Å². The molecular formula is C12H15NO4. The quantitative estimate of drug-likeness (QED) is 0.629. The zero-order chi connectivity index (χ0) is 13.0. The Labute approximate surface area is 99.2 Å². The van der Waals surface area contributed by atoms with Crippen LogP contribution in [0.3, 0.4) is 0 Å².